The van der Waals surface area contributed by atoms with Gasteiger partial charge in [0.25, 0.3) is 5.78 Å². The molecule has 0 aliphatic carbocycles. The molecule has 7 nitrogen and oxygen atoms in total. The number of ketones is 1. The Kier molecular flexibility index (Phi) is 5.89. The molecule has 1 aromatic heterocycles. The molecule has 0 spiro atoms. The van der Waals surface area contributed by atoms with Gasteiger partial charge >= 0.3 is 5.97 Å². The maximum atomic E-state index is 13.1. The van der Waals surface area contributed by atoms with Crippen LogP contribution in [0.2, 0.25) is 5.02 Å². The van der Waals surface area contributed by atoms with E-state index in [4.69, 9.17) is 30.2 Å². The predicted molar refractivity (Wildman–Crippen MR) is 107 cm³/mol. The summed E-state index contributed by atoms with van der Waals surface area (Å²) in [5.74, 6) is -1.53. The second kappa shape index (κ2) is 8.36. The Labute approximate surface area is 170 Å². The van der Waals surface area contributed by atoms with Gasteiger partial charge in [-0.1, -0.05) is 11.6 Å². The number of esters is 1. The molecule has 0 fully saturated rings. The Bertz CT molecular complexity index is 1160. The highest BCUT2D eigenvalue weighted by Crippen LogP contribution is 2.34. The van der Waals surface area contributed by atoms with Crippen LogP contribution in [0, 0.1) is 0 Å². The fraction of sp³-hybridized carbons (Fsp3) is 0.190. The number of hydrogen-bond donors (Lipinski definition) is 0. The number of methoxy groups -OCH3 is 2. The van der Waals surface area contributed by atoms with Crippen LogP contribution in [0.3, 0.4) is 0 Å². The molecule has 0 N–H and O–H groups in total. The number of benzene rings is 2. The molecule has 0 unspecified atom stereocenters. The van der Waals surface area contributed by atoms with E-state index in [1.165, 1.54) is 26.4 Å². The van der Waals surface area contributed by atoms with Gasteiger partial charge in [0, 0.05) is 10.6 Å². The van der Waals surface area contributed by atoms with Crippen molar-refractivity contribution in [2.45, 2.75) is 6.92 Å². The minimum atomic E-state index is -1.15. The van der Waals surface area contributed by atoms with Crippen LogP contribution in [0.5, 0.6) is 11.5 Å². The summed E-state index contributed by atoms with van der Waals surface area (Å²) in [6, 6.07) is 9.17. The molecular formula is C21H17ClO7. The smallest absolute Gasteiger partial charge is 0.379 e. The number of carbonyl (C=O) groups excluding carboxylic acids is 2. The first kappa shape index (κ1) is 20.4. The zero-order valence-electron chi connectivity index (χ0n) is 15.9. The largest absolute Gasteiger partial charge is 0.493 e. The van der Waals surface area contributed by atoms with Gasteiger partial charge in [-0.05, 0) is 43.3 Å². The van der Waals surface area contributed by atoms with Gasteiger partial charge in [-0.15, -0.1) is 0 Å². The molecule has 0 aliphatic heterocycles. The molecule has 0 bridgehead atoms. The zero-order chi connectivity index (χ0) is 21.1. The Morgan fingerprint density at radius 1 is 1.03 bits per heavy atom. The van der Waals surface area contributed by atoms with E-state index in [-0.39, 0.29) is 23.3 Å². The molecule has 0 amide bonds. The Balaban J connectivity index is 2.34. The highest BCUT2D eigenvalue weighted by molar-refractivity contribution is 6.42. The molecule has 0 atom stereocenters. The summed E-state index contributed by atoms with van der Waals surface area (Å²) in [4.78, 5) is 37.9. The number of rotatable bonds is 6. The minimum absolute atomic E-state index is 0.0129. The van der Waals surface area contributed by atoms with Crippen molar-refractivity contribution in [2.75, 3.05) is 20.8 Å². The maximum absolute atomic E-state index is 13.1. The van der Waals surface area contributed by atoms with Crippen LogP contribution in [-0.4, -0.2) is 32.6 Å². The lowest BCUT2D eigenvalue weighted by Gasteiger charge is -2.12. The first-order valence-electron chi connectivity index (χ1n) is 8.61. The van der Waals surface area contributed by atoms with Crippen LogP contribution in [0.1, 0.15) is 17.3 Å². The summed E-state index contributed by atoms with van der Waals surface area (Å²) in [7, 11) is 2.93. The standard InChI is InChI=1S/C21H17ClO7/c1-4-28-21(25)19(24)17-18(23)13-10-12(22)6-8-14(13)29-20(17)11-5-7-15(26-2)16(9-11)27-3/h5-10H,4H2,1-3H3. The quantitative estimate of drug-likeness (QED) is 0.342. The molecule has 0 radical (unpaired) electrons. The Morgan fingerprint density at radius 2 is 1.76 bits per heavy atom. The summed E-state index contributed by atoms with van der Waals surface area (Å²) >= 11 is 5.98. The normalized spacial score (nSPS) is 10.6. The molecule has 8 heteroatoms. The third kappa shape index (κ3) is 3.82. The van der Waals surface area contributed by atoms with Crippen molar-refractivity contribution in [1.82, 2.24) is 0 Å². The molecule has 2 aromatic carbocycles. The topological polar surface area (TPSA) is 92.0 Å². The van der Waals surface area contributed by atoms with Gasteiger partial charge in [0.1, 0.15) is 16.9 Å². The van der Waals surface area contributed by atoms with E-state index in [0.29, 0.717) is 22.1 Å². The Morgan fingerprint density at radius 3 is 2.41 bits per heavy atom. The van der Waals surface area contributed by atoms with E-state index in [1.807, 2.05) is 0 Å². The van der Waals surface area contributed by atoms with Gasteiger partial charge in [-0.25, -0.2) is 4.79 Å². The monoisotopic (exact) mass is 416 g/mol. The second-order valence-corrected chi connectivity index (χ2v) is 6.33. The predicted octanol–water partition coefficient (Wildman–Crippen LogP) is 3.88. The fourth-order valence-electron chi connectivity index (χ4n) is 2.85. The van der Waals surface area contributed by atoms with Crippen molar-refractivity contribution in [3.63, 3.8) is 0 Å². The first-order valence-corrected chi connectivity index (χ1v) is 8.99. The van der Waals surface area contributed by atoms with Crippen molar-refractivity contribution in [1.29, 1.82) is 0 Å². The first-order chi connectivity index (χ1) is 13.9. The van der Waals surface area contributed by atoms with E-state index in [9.17, 15) is 14.4 Å². The molecule has 1 heterocycles. The summed E-state index contributed by atoms with van der Waals surface area (Å²) in [6.07, 6.45) is 0. The van der Waals surface area contributed by atoms with Crippen LogP contribution in [0.15, 0.2) is 45.6 Å². The summed E-state index contributed by atoms with van der Waals surface area (Å²) in [5, 5.41) is 0.368. The van der Waals surface area contributed by atoms with Crippen LogP contribution in [0.4, 0.5) is 0 Å². The molecule has 3 aromatic rings. The lowest BCUT2D eigenvalue weighted by Crippen LogP contribution is -2.25. The maximum Gasteiger partial charge on any atom is 0.379 e. The number of hydrogen-bond acceptors (Lipinski definition) is 7. The van der Waals surface area contributed by atoms with Gasteiger partial charge in [-0.3, -0.25) is 9.59 Å². The Hall–Kier alpha value is -3.32. The number of halogens is 1. The van der Waals surface area contributed by atoms with Crippen molar-refractivity contribution in [2.24, 2.45) is 0 Å². The van der Waals surface area contributed by atoms with Gasteiger partial charge < -0.3 is 18.6 Å². The molecule has 0 aliphatic rings. The molecule has 150 valence electrons. The van der Waals surface area contributed by atoms with Crippen LogP contribution in [0.25, 0.3) is 22.3 Å². The van der Waals surface area contributed by atoms with Crippen LogP contribution in [-0.2, 0) is 9.53 Å². The van der Waals surface area contributed by atoms with Crippen molar-refractivity contribution in [3.8, 4) is 22.8 Å². The van der Waals surface area contributed by atoms with Gasteiger partial charge in [0.15, 0.2) is 11.5 Å². The number of carbonyl (C=O) groups is 2. The van der Waals surface area contributed by atoms with E-state index < -0.39 is 22.7 Å². The summed E-state index contributed by atoms with van der Waals surface area (Å²) in [6.45, 7) is 1.55. The van der Waals surface area contributed by atoms with Crippen molar-refractivity contribution < 1.29 is 28.2 Å². The number of fused-ring (bicyclic) bond motifs is 1. The van der Waals surface area contributed by atoms with Gasteiger partial charge in [-0.2, -0.15) is 0 Å². The molecule has 0 saturated heterocycles. The van der Waals surface area contributed by atoms with Crippen molar-refractivity contribution >= 4 is 34.3 Å². The second-order valence-electron chi connectivity index (χ2n) is 5.90. The zero-order valence-corrected chi connectivity index (χ0v) is 16.7. The summed E-state index contributed by atoms with van der Waals surface area (Å²) < 4.78 is 21.1. The summed E-state index contributed by atoms with van der Waals surface area (Å²) in [5.41, 5.74) is -0.559. The van der Waals surface area contributed by atoms with E-state index in [0.717, 1.165) is 0 Å². The molecule has 3 rings (SSSR count). The highest BCUT2D eigenvalue weighted by Gasteiger charge is 2.28. The SMILES string of the molecule is CCOC(=O)C(=O)c1c(-c2ccc(OC)c(OC)c2)oc2ccc(Cl)cc2c1=O. The number of ether oxygens (including phenoxy) is 3. The van der Waals surface area contributed by atoms with E-state index in [1.54, 1.807) is 31.2 Å². The fourth-order valence-corrected chi connectivity index (χ4v) is 3.03. The van der Waals surface area contributed by atoms with E-state index in [2.05, 4.69) is 0 Å². The number of Topliss-reactive ketones (excluding diaryl/α,β-unsaturated/α-hetero) is 1. The molecule has 0 saturated carbocycles. The molecular weight excluding hydrogens is 400 g/mol. The third-order valence-corrected chi connectivity index (χ3v) is 4.42. The highest BCUT2D eigenvalue weighted by atomic mass is 35.5. The average Bonchev–Trinajstić information content (AvgIpc) is 2.73. The van der Waals surface area contributed by atoms with Crippen LogP contribution >= 0.6 is 11.6 Å². The third-order valence-electron chi connectivity index (χ3n) is 4.19. The van der Waals surface area contributed by atoms with E-state index >= 15 is 0 Å². The average molecular weight is 417 g/mol. The molecule has 29 heavy (non-hydrogen) atoms. The lowest BCUT2D eigenvalue weighted by molar-refractivity contribution is -0.137. The van der Waals surface area contributed by atoms with Gasteiger partial charge in [0.2, 0.25) is 5.43 Å². The van der Waals surface area contributed by atoms with Crippen molar-refractivity contribution in [3.05, 3.63) is 57.2 Å². The van der Waals surface area contributed by atoms with Crippen LogP contribution < -0.4 is 14.9 Å². The minimum Gasteiger partial charge on any atom is -0.493 e. The van der Waals surface area contributed by atoms with Gasteiger partial charge in [0.05, 0.1) is 26.2 Å². The lowest BCUT2D eigenvalue weighted by atomic mass is 10.0.